The van der Waals surface area contributed by atoms with E-state index in [1.807, 2.05) is 26.0 Å². The lowest BCUT2D eigenvalue weighted by molar-refractivity contribution is -0.159. The highest BCUT2D eigenvalue weighted by atomic mass is 35.5. The monoisotopic (exact) mass is 940 g/mol. The van der Waals surface area contributed by atoms with Gasteiger partial charge in [0.1, 0.15) is 46.3 Å². The standard InChI is InChI=1S/C45H69ClN4O15/c1-28-13-12-14-35(57-11)45(55)27-34(62-41(53)47-45)29(2)39-44(7,64-39)36(26-37(51)50(9)32-24-31(23-28)25-33(56-10)38(32)46)63-40(52)30(3)49(8)15-16-58-17-18-59-19-20-60-21-22-61-48-42(54)65-43(4,5)6/h12-14,24-25,29-30,34-36,39,55H,15-23,26-27H2,1-11H3,(H,47,53)(H,48,54)/b14-12+,28-13+/t29-,30?,34?,35-,36?,39+,44+,45+/m1/s1. The minimum atomic E-state index is -1.83. The number of likely N-dealkylation sites (N-methyl/N-ethyl adjacent to an activating group) is 1. The van der Waals surface area contributed by atoms with Crippen LogP contribution < -0.4 is 20.4 Å². The van der Waals surface area contributed by atoms with E-state index in [0.717, 1.165) is 11.1 Å². The summed E-state index contributed by atoms with van der Waals surface area (Å²) in [7, 11) is 6.29. The van der Waals surface area contributed by atoms with Gasteiger partial charge in [-0.2, -0.15) is 5.48 Å². The first-order valence-electron chi connectivity index (χ1n) is 21.8. The number of carbonyl (C=O) groups is 4. The average molecular weight is 942 g/mol. The average Bonchev–Trinajstić information content (AvgIpc) is 3.93. The van der Waals surface area contributed by atoms with Crippen LogP contribution in [0.4, 0.5) is 15.3 Å². The zero-order valence-electron chi connectivity index (χ0n) is 39.6. The van der Waals surface area contributed by atoms with Crippen molar-refractivity contribution in [2.45, 2.75) is 115 Å². The smallest absolute Gasteiger partial charge is 0.431 e. The van der Waals surface area contributed by atoms with Crippen LogP contribution in [0.1, 0.15) is 66.9 Å². The molecule has 0 spiro atoms. The van der Waals surface area contributed by atoms with Gasteiger partial charge in [0.2, 0.25) is 5.91 Å². The van der Waals surface area contributed by atoms with Gasteiger partial charge in [0.25, 0.3) is 0 Å². The molecular weight excluding hydrogens is 872 g/mol. The van der Waals surface area contributed by atoms with E-state index in [2.05, 4.69) is 10.8 Å². The van der Waals surface area contributed by atoms with Crippen molar-refractivity contribution >= 4 is 41.4 Å². The van der Waals surface area contributed by atoms with Gasteiger partial charge in [0.15, 0.2) is 5.72 Å². The lowest BCUT2D eigenvalue weighted by atomic mass is 9.83. The molecule has 1 aromatic rings. The second kappa shape index (κ2) is 24.1. The predicted octanol–water partition coefficient (Wildman–Crippen LogP) is 4.49. The largest absolute Gasteiger partial charge is 0.495 e. The number of methoxy groups -OCH3 is 2. The molecule has 0 saturated carbocycles. The van der Waals surface area contributed by atoms with Crippen LogP contribution in [0.25, 0.3) is 0 Å². The van der Waals surface area contributed by atoms with E-state index >= 15 is 0 Å². The highest BCUT2D eigenvalue weighted by molar-refractivity contribution is 6.35. The van der Waals surface area contributed by atoms with Crippen LogP contribution in [0.2, 0.25) is 5.02 Å². The van der Waals surface area contributed by atoms with Gasteiger partial charge in [-0.1, -0.05) is 42.3 Å². The maximum atomic E-state index is 14.2. The Morgan fingerprint density at radius 3 is 2.35 bits per heavy atom. The molecule has 0 aromatic heterocycles. The number of esters is 1. The molecule has 0 aliphatic carbocycles. The number of hydroxylamine groups is 1. The molecule has 2 fully saturated rings. The molecule has 1 aromatic carbocycles. The van der Waals surface area contributed by atoms with Gasteiger partial charge in [-0.3, -0.25) is 24.6 Å². The molecule has 4 rings (SSSR count). The zero-order valence-corrected chi connectivity index (χ0v) is 40.3. The first-order chi connectivity index (χ1) is 30.6. The fourth-order valence-corrected chi connectivity index (χ4v) is 7.79. The Labute approximate surface area is 387 Å². The van der Waals surface area contributed by atoms with E-state index in [0.29, 0.717) is 57.4 Å². The summed E-state index contributed by atoms with van der Waals surface area (Å²) in [6, 6.07) is 2.86. The van der Waals surface area contributed by atoms with Crippen LogP contribution in [-0.4, -0.2) is 163 Å². The molecule has 366 valence electrons. The van der Waals surface area contributed by atoms with E-state index in [9.17, 15) is 24.3 Å². The van der Waals surface area contributed by atoms with Crippen LogP contribution in [0, 0.1) is 5.92 Å². The summed E-state index contributed by atoms with van der Waals surface area (Å²) in [6.07, 6.45) is 0.388. The lowest BCUT2D eigenvalue weighted by Crippen LogP contribution is -2.63. The number of carbonyl (C=O) groups excluding carboxylic acids is 4. The Balaban J connectivity index is 1.39. The van der Waals surface area contributed by atoms with E-state index in [1.54, 1.807) is 71.8 Å². The Kier molecular flexibility index (Phi) is 19.9. The molecule has 3 amide bonds. The van der Waals surface area contributed by atoms with Crippen molar-refractivity contribution in [1.82, 2.24) is 15.7 Å². The third-order valence-electron chi connectivity index (χ3n) is 11.4. The number of fused-ring (bicyclic) bond motifs is 5. The number of amides is 3. The number of alkyl carbamates (subject to hydrolysis) is 1. The van der Waals surface area contributed by atoms with E-state index in [4.69, 9.17) is 59.1 Å². The Morgan fingerprint density at radius 1 is 1.08 bits per heavy atom. The van der Waals surface area contributed by atoms with Crippen LogP contribution in [-0.2, 0) is 58.7 Å². The van der Waals surface area contributed by atoms with E-state index in [1.165, 1.54) is 19.1 Å². The minimum absolute atomic E-state index is 0.0457. The summed E-state index contributed by atoms with van der Waals surface area (Å²) in [5.41, 5.74) is 0.692. The van der Waals surface area contributed by atoms with Gasteiger partial charge >= 0.3 is 18.2 Å². The zero-order chi connectivity index (χ0) is 48.1. The van der Waals surface area contributed by atoms with Crippen LogP contribution in [0.3, 0.4) is 0 Å². The van der Waals surface area contributed by atoms with Crippen LogP contribution in [0.15, 0.2) is 35.9 Å². The number of epoxide rings is 1. The number of ether oxygens (including phenoxy) is 9. The maximum absolute atomic E-state index is 14.2. The number of nitrogens with one attached hydrogen (secondary N) is 2. The molecule has 19 nitrogen and oxygen atoms in total. The number of halogens is 1. The number of nitrogens with zero attached hydrogens (tertiary/aromatic N) is 2. The first kappa shape index (κ1) is 53.6. The van der Waals surface area contributed by atoms with Gasteiger partial charge < -0.3 is 52.6 Å². The number of aliphatic hydroxyl groups is 1. The highest BCUT2D eigenvalue weighted by Gasteiger charge is 2.64. The molecule has 4 bridgehead atoms. The molecule has 3 N–H and O–H groups in total. The van der Waals surface area contributed by atoms with Crippen molar-refractivity contribution in [2.24, 2.45) is 5.92 Å². The van der Waals surface area contributed by atoms with Crippen molar-refractivity contribution in [2.75, 3.05) is 86.0 Å². The van der Waals surface area contributed by atoms with Crippen molar-refractivity contribution < 1.29 is 71.8 Å². The van der Waals surface area contributed by atoms with Crippen molar-refractivity contribution in [1.29, 1.82) is 0 Å². The van der Waals surface area contributed by atoms with Crippen molar-refractivity contribution in [3.8, 4) is 5.75 Å². The summed E-state index contributed by atoms with van der Waals surface area (Å²) < 4.78 is 51.3. The van der Waals surface area contributed by atoms with Gasteiger partial charge in [0.05, 0.1) is 71.6 Å². The van der Waals surface area contributed by atoms with Crippen molar-refractivity contribution in [3.63, 3.8) is 0 Å². The predicted molar refractivity (Wildman–Crippen MR) is 239 cm³/mol. The molecule has 8 atom stereocenters. The fourth-order valence-electron chi connectivity index (χ4n) is 7.48. The molecule has 0 radical (unpaired) electrons. The summed E-state index contributed by atoms with van der Waals surface area (Å²) in [6.45, 7) is 14.8. The molecule has 3 aliphatic heterocycles. The normalized spacial score (nSPS) is 27.9. The third kappa shape index (κ3) is 15.5. The van der Waals surface area contributed by atoms with Gasteiger partial charge in [-0.15, -0.1) is 0 Å². The SMILES string of the molecule is COc1cc2cc(c1Cl)N(C)C(=O)CC(OC(=O)C(C)N(C)CCOCCOCCOCCONC(=O)OC(C)(C)C)[C@]1(C)O[C@H]1[C@H](C)C1C[C@@](O)(NC(=O)O1)[C@H](OC)/C=C/C=C(\C)C2. The number of hydrogen-bond donors (Lipinski definition) is 3. The Morgan fingerprint density at radius 2 is 1.72 bits per heavy atom. The highest BCUT2D eigenvalue weighted by Crippen LogP contribution is 2.49. The van der Waals surface area contributed by atoms with Gasteiger partial charge in [0, 0.05) is 33.0 Å². The van der Waals surface area contributed by atoms with Crippen LogP contribution in [0.5, 0.6) is 5.75 Å². The summed E-state index contributed by atoms with van der Waals surface area (Å²) in [4.78, 5) is 60.9. The Hall–Kier alpha value is -4.05. The quantitative estimate of drug-likeness (QED) is 0.0608. The summed E-state index contributed by atoms with van der Waals surface area (Å²) >= 11 is 6.80. The number of benzene rings is 1. The second-order valence-electron chi connectivity index (χ2n) is 17.7. The number of anilines is 1. The van der Waals surface area contributed by atoms with E-state index < -0.39 is 77.4 Å². The van der Waals surface area contributed by atoms with Gasteiger partial charge in [-0.05, 0) is 72.7 Å². The molecule has 3 aliphatic rings. The molecule has 65 heavy (non-hydrogen) atoms. The lowest BCUT2D eigenvalue weighted by Gasteiger charge is -2.42. The molecule has 2 saturated heterocycles. The van der Waals surface area contributed by atoms with Crippen molar-refractivity contribution in [3.05, 3.63) is 46.5 Å². The number of hydrogen-bond acceptors (Lipinski definition) is 16. The van der Waals surface area contributed by atoms with Gasteiger partial charge in [-0.25, -0.2) is 9.59 Å². The van der Waals surface area contributed by atoms with Crippen LogP contribution >= 0.6 is 11.6 Å². The topological polar surface area (TPSA) is 215 Å². The summed E-state index contributed by atoms with van der Waals surface area (Å²) in [5, 5.41) is 14.6. The molecule has 3 heterocycles. The van der Waals surface area contributed by atoms with E-state index in [-0.39, 0.29) is 31.1 Å². The minimum Gasteiger partial charge on any atom is -0.495 e. The first-order valence-corrected chi connectivity index (χ1v) is 22.1. The number of rotatable bonds is 18. The second-order valence-corrected chi connectivity index (χ2v) is 18.0. The summed E-state index contributed by atoms with van der Waals surface area (Å²) in [5.74, 6) is -1.14. The molecular formula is C45H69ClN4O15. The maximum Gasteiger partial charge on any atom is 0.431 e. The third-order valence-corrected chi connectivity index (χ3v) is 11.8. The molecule has 3 unspecified atom stereocenters. The number of allylic oxidation sites excluding steroid dienone is 3. The molecule has 20 heteroatoms. The fraction of sp³-hybridized carbons (Fsp3) is 0.689. The Bertz CT molecular complexity index is 1840.